The van der Waals surface area contributed by atoms with Crippen LogP contribution >= 0.6 is 0 Å². The Morgan fingerprint density at radius 3 is 2.71 bits per heavy atom. The molecule has 0 radical (unpaired) electrons. The Kier molecular flexibility index (Phi) is 4.35. The minimum atomic E-state index is -0.650. The van der Waals surface area contributed by atoms with Gasteiger partial charge < -0.3 is 5.32 Å². The number of benzene rings is 1. The summed E-state index contributed by atoms with van der Waals surface area (Å²) in [5, 5.41) is 13.3. The fourth-order valence-electron chi connectivity index (χ4n) is 1.59. The van der Waals surface area contributed by atoms with Crippen LogP contribution in [0.25, 0.3) is 6.08 Å². The molecule has 7 heteroatoms. The number of nitrogens with zero attached hydrogens (tertiary/aromatic N) is 2. The highest BCUT2D eigenvalue weighted by molar-refractivity contribution is 6.02. The highest BCUT2D eigenvalue weighted by Crippen LogP contribution is 2.18. The number of rotatable bonds is 4. The van der Waals surface area contributed by atoms with Gasteiger partial charge in [-0.3, -0.25) is 14.9 Å². The molecule has 2 rings (SSSR count). The van der Waals surface area contributed by atoms with Gasteiger partial charge in [-0.15, -0.1) is 0 Å². The largest absolute Gasteiger partial charge is 0.321 e. The first-order valence-electron chi connectivity index (χ1n) is 5.90. The van der Waals surface area contributed by atoms with E-state index in [2.05, 4.69) is 10.3 Å². The topological polar surface area (TPSA) is 85.1 Å². The number of nitrogens with one attached hydrogen (secondary N) is 1. The van der Waals surface area contributed by atoms with Gasteiger partial charge in [-0.1, -0.05) is 12.1 Å². The molecule has 106 valence electrons. The Labute approximate surface area is 119 Å². The SMILES string of the molecule is O=C(/C=C/c1ccccc1[N+](=O)[O-])Nc1ccc(F)nc1. The van der Waals surface area contributed by atoms with Gasteiger partial charge in [0.1, 0.15) is 0 Å². The smallest absolute Gasteiger partial charge is 0.276 e. The third kappa shape index (κ3) is 3.93. The van der Waals surface area contributed by atoms with Crippen molar-refractivity contribution in [3.63, 3.8) is 0 Å². The van der Waals surface area contributed by atoms with Gasteiger partial charge in [0.25, 0.3) is 5.69 Å². The first-order chi connectivity index (χ1) is 10.1. The number of nitro groups is 1. The van der Waals surface area contributed by atoms with Crippen LogP contribution in [0.5, 0.6) is 0 Å². The van der Waals surface area contributed by atoms with Crippen molar-refractivity contribution < 1.29 is 14.1 Å². The van der Waals surface area contributed by atoms with Crippen LogP contribution in [0, 0.1) is 16.1 Å². The number of pyridine rings is 1. The second-order valence-corrected chi connectivity index (χ2v) is 4.01. The van der Waals surface area contributed by atoms with Gasteiger partial charge in [0.15, 0.2) is 0 Å². The molecule has 0 aliphatic heterocycles. The van der Waals surface area contributed by atoms with E-state index in [1.807, 2.05) is 0 Å². The molecule has 2 aromatic rings. The maximum Gasteiger partial charge on any atom is 0.276 e. The lowest BCUT2D eigenvalue weighted by atomic mass is 10.1. The Balaban J connectivity index is 2.09. The summed E-state index contributed by atoms with van der Waals surface area (Å²) >= 11 is 0. The third-order valence-electron chi connectivity index (χ3n) is 2.54. The quantitative estimate of drug-likeness (QED) is 0.405. The predicted octanol–water partition coefficient (Wildman–Crippen LogP) is 2.78. The van der Waals surface area contributed by atoms with E-state index >= 15 is 0 Å². The monoisotopic (exact) mass is 287 g/mol. The van der Waals surface area contributed by atoms with Crippen LogP contribution in [-0.2, 0) is 4.79 Å². The molecular weight excluding hydrogens is 277 g/mol. The van der Waals surface area contributed by atoms with Crippen molar-refractivity contribution in [2.45, 2.75) is 0 Å². The van der Waals surface area contributed by atoms with Crippen LogP contribution in [-0.4, -0.2) is 15.8 Å². The number of hydrogen-bond donors (Lipinski definition) is 1. The summed E-state index contributed by atoms with van der Waals surface area (Å²) in [6.07, 6.45) is 3.67. The Bertz CT molecular complexity index is 699. The standard InChI is InChI=1S/C14H10FN3O3/c15-13-7-6-11(9-16-13)17-14(19)8-5-10-3-1-2-4-12(10)18(20)21/h1-9H,(H,17,19)/b8-5+. The zero-order chi connectivity index (χ0) is 15.2. The number of para-hydroxylation sites is 1. The summed E-state index contributed by atoms with van der Waals surface area (Å²) < 4.78 is 12.6. The number of aromatic nitrogens is 1. The molecule has 0 saturated heterocycles. The zero-order valence-corrected chi connectivity index (χ0v) is 10.7. The van der Waals surface area contributed by atoms with Crippen molar-refractivity contribution in [1.82, 2.24) is 4.98 Å². The third-order valence-corrected chi connectivity index (χ3v) is 2.54. The lowest BCUT2D eigenvalue weighted by Crippen LogP contribution is -2.08. The summed E-state index contributed by atoms with van der Waals surface area (Å²) in [5.41, 5.74) is 0.550. The molecule has 0 fully saturated rings. The minimum absolute atomic E-state index is 0.0926. The molecule has 1 aromatic heterocycles. The van der Waals surface area contributed by atoms with E-state index in [0.717, 1.165) is 12.1 Å². The zero-order valence-electron chi connectivity index (χ0n) is 10.7. The minimum Gasteiger partial charge on any atom is -0.321 e. The maximum atomic E-state index is 12.6. The molecule has 6 nitrogen and oxygen atoms in total. The number of anilines is 1. The predicted molar refractivity (Wildman–Crippen MR) is 75.0 cm³/mol. The first-order valence-corrected chi connectivity index (χ1v) is 5.90. The lowest BCUT2D eigenvalue weighted by molar-refractivity contribution is -0.385. The molecule has 1 N–H and O–H groups in total. The van der Waals surface area contributed by atoms with Crippen LogP contribution in [0.3, 0.4) is 0 Å². The number of hydrogen-bond acceptors (Lipinski definition) is 4. The van der Waals surface area contributed by atoms with Crippen molar-refractivity contribution in [2.75, 3.05) is 5.32 Å². The number of nitro benzene ring substituents is 1. The molecule has 0 aliphatic carbocycles. The van der Waals surface area contributed by atoms with Crippen molar-refractivity contribution >= 4 is 23.4 Å². The Hall–Kier alpha value is -3.09. The molecule has 0 bridgehead atoms. The van der Waals surface area contributed by atoms with Gasteiger partial charge in [0.2, 0.25) is 11.9 Å². The van der Waals surface area contributed by atoms with Crippen molar-refractivity contribution in [1.29, 1.82) is 0 Å². The second kappa shape index (κ2) is 6.38. The highest BCUT2D eigenvalue weighted by atomic mass is 19.1. The van der Waals surface area contributed by atoms with Gasteiger partial charge in [-0.25, -0.2) is 4.98 Å². The molecule has 0 aliphatic rings. The number of carbonyl (C=O) groups excluding carboxylic acids is 1. The lowest BCUT2D eigenvalue weighted by Gasteiger charge is -2.01. The van der Waals surface area contributed by atoms with Crippen molar-refractivity contribution in [3.05, 3.63) is 70.3 Å². The van der Waals surface area contributed by atoms with E-state index in [9.17, 15) is 19.3 Å². The van der Waals surface area contributed by atoms with E-state index in [1.165, 1.54) is 30.5 Å². The molecule has 1 heterocycles. The molecular formula is C14H10FN3O3. The van der Waals surface area contributed by atoms with Gasteiger partial charge in [-0.2, -0.15) is 4.39 Å². The average molecular weight is 287 g/mol. The number of halogens is 1. The molecule has 0 unspecified atom stereocenters. The first kappa shape index (κ1) is 14.3. The van der Waals surface area contributed by atoms with Gasteiger partial charge >= 0.3 is 0 Å². The van der Waals surface area contributed by atoms with Crippen LogP contribution in [0.4, 0.5) is 15.8 Å². The number of carbonyl (C=O) groups is 1. The maximum absolute atomic E-state index is 12.6. The van der Waals surface area contributed by atoms with E-state index < -0.39 is 16.8 Å². The van der Waals surface area contributed by atoms with Gasteiger partial charge in [-0.05, 0) is 24.3 Å². The Morgan fingerprint density at radius 2 is 2.05 bits per heavy atom. The fourth-order valence-corrected chi connectivity index (χ4v) is 1.59. The molecule has 0 atom stereocenters. The van der Waals surface area contributed by atoms with E-state index in [4.69, 9.17) is 0 Å². The summed E-state index contributed by atoms with van der Waals surface area (Å²) in [4.78, 5) is 25.3. The fraction of sp³-hybridized carbons (Fsp3) is 0. The molecule has 1 amide bonds. The average Bonchev–Trinajstić information content (AvgIpc) is 2.48. The normalized spacial score (nSPS) is 10.5. The molecule has 0 spiro atoms. The van der Waals surface area contributed by atoms with E-state index in [1.54, 1.807) is 12.1 Å². The van der Waals surface area contributed by atoms with Crippen LogP contribution < -0.4 is 5.32 Å². The van der Waals surface area contributed by atoms with Crippen LogP contribution in [0.1, 0.15) is 5.56 Å². The summed E-state index contributed by atoms with van der Waals surface area (Å²) in [6.45, 7) is 0. The second-order valence-electron chi connectivity index (χ2n) is 4.01. The summed E-state index contributed by atoms with van der Waals surface area (Å²) in [7, 11) is 0. The van der Waals surface area contributed by atoms with Crippen molar-refractivity contribution in [2.24, 2.45) is 0 Å². The van der Waals surface area contributed by atoms with E-state index in [0.29, 0.717) is 11.3 Å². The Morgan fingerprint density at radius 1 is 1.29 bits per heavy atom. The molecule has 0 saturated carbocycles. The van der Waals surface area contributed by atoms with Gasteiger partial charge in [0, 0.05) is 12.1 Å². The van der Waals surface area contributed by atoms with Crippen LogP contribution in [0.15, 0.2) is 48.7 Å². The summed E-state index contributed by atoms with van der Waals surface area (Å²) in [6, 6.07) is 8.53. The molecule has 1 aromatic carbocycles. The summed E-state index contributed by atoms with van der Waals surface area (Å²) in [5.74, 6) is -1.15. The van der Waals surface area contributed by atoms with Gasteiger partial charge in [0.05, 0.1) is 22.4 Å². The molecule has 21 heavy (non-hydrogen) atoms. The van der Waals surface area contributed by atoms with Crippen LogP contribution in [0.2, 0.25) is 0 Å². The number of amides is 1. The van der Waals surface area contributed by atoms with Crippen molar-refractivity contribution in [3.8, 4) is 0 Å². The highest BCUT2D eigenvalue weighted by Gasteiger charge is 2.09. The van der Waals surface area contributed by atoms with E-state index in [-0.39, 0.29) is 5.69 Å².